The van der Waals surface area contributed by atoms with Gasteiger partial charge in [-0.15, -0.1) is 0 Å². The number of benzene rings is 9. The Kier molecular flexibility index (Phi) is 13.2. The van der Waals surface area contributed by atoms with Crippen LogP contribution < -0.4 is 33.2 Å². The number of aryl methyl sites for hydroxylation is 1. The van der Waals surface area contributed by atoms with Gasteiger partial charge < -0.3 is 33.2 Å². The number of hydrogen-bond acceptors (Lipinski definition) is 8. The average molecular weight is 993 g/mol. The lowest BCUT2D eigenvalue weighted by Crippen LogP contribution is -2.17. The molecule has 21 rings (SSSR count). The van der Waals surface area contributed by atoms with Crippen molar-refractivity contribution in [1.29, 1.82) is 0 Å². The van der Waals surface area contributed by atoms with Crippen molar-refractivity contribution < 1.29 is 33.2 Å². The Morgan fingerprint density at radius 3 is 1.27 bits per heavy atom. The molecule has 0 saturated heterocycles. The van der Waals surface area contributed by atoms with Crippen molar-refractivity contribution in [1.82, 2.24) is 0 Å². The summed E-state index contributed by atoms with van der Waals surface area (Å²) in [6, 6.07) is 60.1. The Balaban J connectivity index is 0.967. The number of fused-ring (bicyclic) bond motifs is 6. The van der Waals surface area contributed by atoms with Gasteiger partial charge in [-0.05, 0) is 218 Å². The average Bonchev–Trinajstić information content (AvgIpc) is 3.75. The fraction of sp³-hybridized carbons (Fsp3) is 0.182. The Morgan fingerprint density at radius 1 is 0.392 bits per heavy atom. The minimum Gasteiger partial charge on any atom is -0.476 e. The van der Waals surface area contributed by atoms with Crippen LogP contribution in [0.5, 0.6) is 74.7 Å². The van der Waals surface area contributed by atoms with Crippen molar-refractivity contribution >= 4 is 34.7 Å². The van der Waals surface area contributed by atoms with Gasteiger partial charge in [-0.1, -0.05) is 92.4 Å². The van der Waals surface area contributed by atoms with E-state index >= 15 is 0 Å². The maximum Gasteiger partial charge on any atom is 0.153 e. The van der Waals surface area contributed by atoms with Crippen LogP contribution >= 0.6 is 11.8 Å². The monoisotopic (exact) mass is 992 g/mol. The van der Waals surface area contributed by atoms with Crippen LogP contribution in [0.4, 0.5) is 0 Å². The SMILES string of the molecule is CC1(C)Oc2cc3c4c(c5c(c3cc2S1)Oc1ccc(cc1)Oc1ccc(cc1)Oc1ccc(cc1)Oc1ccc(cc1)Oc1ccc(cc1)Oc1ccc(cc1)C=C5)CCCCCCCCCc1ccccc1-4. The largest absolute Gasteiger partial charge is 0.476 e. The van der Waals surface area contributed by atoms with Crippen LogP contribution in [-0.4, -0.2) is 4.93 Å². The van der Waals surface area contributed by atoms with E-state index in [9.17, 15) is 0 Å². The summed E-state index contributed by atoms with van der Waals surface area (Å²) < 4.78 is 45.2. The third-order valence-electron chi connectivity index (χ3n) is 13.7. The van der Waals surface area contributed by atoms with Gasteiger partial charge in [-0.2, -0.15) is 0 Å². The lowest BCUT2D eigenvalue weighted by molar-refractivity contribution is 0.215. The fourth-order valence-corrected chi connectivity index (χ4v) is 11.1. The zero-order valence-corrected chi connectivity index (χ0v) is 42.4. The first-order chi connectivity index (χ1) is 36.3. The van der Waals surface area contributed by atoms with Crippen LogP contribution in [-0.2, 0) is 12.8 Å². The molecule has 0 atom stereocenters. The van der Waals surface area contributed by atoms with E-state index in [1.54, 1.807) is 11.8 Å². The molecule has 9 aromatic rings. The predicted molar refractivity (Wildman–Crippen MR) is 298 cm³/mol. The molecule has 12 bridgehead atoms. The molecule has 0 N–H and O–H groups in total. The quantitative estimate of drug-likeness (QED) is 0.149. The Bertz CT molecular complexity index is 3460. The van der Waals surface area contributed by atoms with E-state index in [1.165, 1.54) is 60.8 Å². The molecular weight excluding hydrogens is 937 g/mol. The molecule has 0 spiro atoms. The van der Waals surface area contributed by atoms with Crippen LogP contribution in [0.3, 0.4) is 0 Å². The highest BCUT2D eigenvalue weighted by Gasteiger charge is 2.33. The molecule has 11 aliphatic heterocycles. The van der Waals surface area contributed by atoms with E-state index in [-0.39, 0.29) is 0 Å². The molecule has 9 aromatic carbocycles. The highest BCUT2D eigenvalue weighted by Crippen LogP contribution is 2.54. The van der Waals surface area contributed by atoms with E-state index in [1.807, 2.05) is 133 Å². The van der Waals surface area contributed by atoms with Crippen molar-refractivity contribution in [2.24, 2.45) is 0 Å². The molecule has 0 saturated carbocycles. The second-order valence-electron chi connectivity index (χ2n) is 19.5. The van der Waals surface area contributed by atoms with E-state index < -0.39 is 4.93 Å². The zero-order chi connectivity index (χ0) is 49.8. The minimum absolute atomic E-state index is 0.405. The second kappa shape index (κ2) is 20.8. The number of thioether (sulfide) groups is 1. The van der Waals surface area contributed by atoms with Gasteiger partial charge in [0, 0.05) is 10.9 Å². The summed E-state index contributed by atoms with van der Waals surface area (Å²) >= 11 is 1.75. The number of hydrogen-bond donors (Lipinski definition) is 0. The van der Waals surface area contributed by atoms with Crippen molar-refractivity contribution in [3.05, 3.63) is 204 Å². The highest BCUT2D eigenvalue weighted by molar-refractivity contribution is 8.00. The van der Waals surface area contributed by atoms with Crippen molar-refractivity contribution in [2.45, 2.75) is 81.5 Å². The van der Waals surface area contributed by atoms with Gasteiger partial charge in [-0.25, -0.2) is 0 Å². The Labute approximate surface area is 437 Å². The number of rotatable bonds is 0. The van der Waals surface area contributed by atoms with E-state index in [4.69, 9.17) is 33.2 Å². The van der Waals surface area contributed by atoms with Gasteiger partial charge in [0.1, 0.15) is 74.7 Å². The topological polar surface area (TPSA) is 64.6 Å². The van der Waals surface area contributed by atoms with Gasteiger partial charge >= 0.3 is 0 Å². The maximum atomic E-state index is 7.28. The molecule has 74 heavy (non-hydrogen) atoms. The fourth-order valence-electron chi connectivity index (χ4n) is 10.1. The molecule has 0 fully saturated rings. The molecular formula is C66H56O7S. The van der Waals surface area contributed by atoms with Gasteiger partial charge in [0.05, 0.1) is 4.90 Å². The van der Waals surface area contributed by atoms with Crippen molar-refractivity contribution in [3.8, 4) is 85.9 Å². The molecule has 8 heteroatoms. The van der Waals surface area contributed by atoms with Gasteiger partial charge in [0.25, 0.3) is 0 Å². The van der Waals surface area contributed by atoms with Crippen LogP contribution in [0.25, 0.3) is 34.1 Å². The van der Waals surface area contributed by atoms with E-state index in [0.717, 1.165) is 63.3 Å². The van der Waals surface area contributed by atoms with Crippen LogP contribution in [0.1, 0.15) is 81.0 Å². The molecule has 0 amide bonds. The summed E-state index contributed by atoms with van der Waals surface area (Å²) in [7, 11) is 0. The first-order valence-electron chi connectivity index (χ1n) is 25.8. The van der Waals surface area contributed by atoms with Crippen molar-refractivity contribution in [2.75, 3.05) is 0 Å². The van der Waals surface area contributed by atoms with Crippen LogP contribution in [0.15, 0.2) is 187 Å². The molecule has 12 aliphatic rings. The Morgan fingerprint density at radius 2 is 0.797 bits per heavy atom. The van der Waals surface area contributed by atoms with Gasteiger partial charge in [-0.3, -0.25) is 0 Å². The molecule has 1 aliphatic carbocycles. The summed E-state index contributed by atoms with van der Waals surface area (Å²) in [6.07, 6.45) is 14.8. The smallest absolute Gasteiger partial charge is 0.153 e. The molecule has 7 nitrogen and oxygen atoms in total. The molecule has 11 heterocycles. The standard InChI is InChI=1S/C66H56O7S/c1-66(2)73-62-42-60-61(43-63(62)74-66)65-59(58-15-9-7-5-3-4-6-8-12-45-13-10-11-14-57(45)64(58)60)41-18-44-16-19-46(20-17-44)67-47-21-23-48(24-22-47)68-49-25-27-50(28-26-49)69-51-29-31-52(32-30-51)70-53-33-35-54(36-34-53)71-55-37-39-56(72-65)40-38-55/h10-11,13-14,16-43H,3-9,12,15H2,1-2H3. The van der Waals surface area contributed by atoms with E-state index in [2.05, 4.69) is 74.5 Å². The summed E-state index contributed by atoms with van der Waals surface area (Å²) in [5.41, 5.74) is 7.33. The second-order valence-corrected chi connectivity index (χ2v) is 21.2. The minimum atomic E-state index is -0.405. The third kappa shape index (κ3) is 10.7. The summed E-state index contributed by atoms with van der Waals surface area (Å²) in [4.78, 5) is 0.697. The van der Waals surface area contributed by atoms with Gasteiger partial charge in [0.15, 0.2) is 4.93 Å². The van der Waals surface area contributed by atoms with Crippen LogP contribution in [0.2, 0.25) is 0 Å². The lowest BCUT2D eigenvalue weighted by Gasteiger charge is -2.24. The zero-order valence-electron chi connectivity index (χ0n) is 41.6. The first kappa shape index (κ1) is 47.0. The summed E-state index contributed by atoms with van der Waals surface area (Å²) in [6.45, 7) is 4.28. The highest BCUT2D eigenvalue weighted by atomic mass is 32.2. The predicted octanol–water partition coefficient (Wildman–Crippen LogP) is 19.8. The van der Waals surface area contributed by atoms with E-state index in [0.29, 0.717) is 57.5 Å². The summed E-state index contributed by atoms with van der Waals surface area (Å²) in [5.74, 6) is 9.39. The number of ether oxygens (including phenoxy) is 7. The molecule has 0 unspecified atom stereocenters. The molecule has 0 radical (unpaired) electrons. The normalized spacial score (nSPS) is 15.2. The molecule has 368 valence electrons. The Hall–Kier alpha value is -8.07. The van der Waals surface area contributed by atoms with Crippen molar-refractivity contribution in [3.63, 3.8) is 0 Å². The lowest BCUT2D eigenvalue weighted by atomic mass is 9.83. The van der Waals surface area contributed by atoms with Gasteiger partial charge in [0.2, 0.25) is 0 Å². The first-order valence-corrected chi connectivity index (χ1v) is 26.6. The third-order valence-corrected chi connectivity index (χ3v) is 14.8. The van der Waals surface area contributed by atoms with Crippen LogP contribution in [0, 0.1) is 0 Å². The maximum absolute atomic E-state index is 7.28. The molecule has 0 aromatic heterocycles. The summed E-state index contributed by atoms with van der Waals surface area (Å²) in [5, 5.41) is 2.18.